The standard InChI is InChI=1S/C17H16ClFN2O4/c1-10(16(22)21-14-4-3-9-20-15(14)18)25-17(23)11(2)24-13-7-5-12(19)6-8-13/h3-11H,1-2H3,(H,21,22)/t10-,11-/m0/s1. The Morgan fingerprint density at radius 2 is 1.84 bits per heavy atom. The average molecular weight is 367 g/mol. The quantitative estimate of drug-likeness (QED) is 0.627. The van der Waals surface area contributed by atoms with Crippen molar-refractivity contribution in [1.82, 2.24) is 4.98 Å². The molecule has 2 aromatic rings. The molecule has 8 heteroatoms. The van der Waals surface area contributed by atoms with Gasteiger partial charge < -0.3 is 14.8 Å². The molecule has 1 aromatic heterocycles. The van der Waals surface area contributed by atoms with E-state index in [4.69, 9.17) is 21.1 Å². The molecule has 0 fully saturated rings. The highest BCUT2D eigenvalue weighted by molar-refractivity contribution is 6.32. The van der Waals surface area contributed by atoms with Crippen molar-refractivity contribution in [3.05, 3.63) is 53.6 Å². The van der Waals surface area contributed by atoms with Gasteiger partial charge in [-0.25, -0.2) is 14.2 Å². The van der Waals surface area contributed by atoms with Gasteiger partial charge in [-0.15, -0.1) is 0 Å². The first-order valence-corrected chi connectivity index (χ1v) is 7.78. The molecule has 0 aliphatic heterocycles. The normalized spacial score (nSPS) is 12.8. The molecule has 1 heterocycles. The molecule has 0 bridgehead atoms. The predicted molar refractivity (Wildman–Crippen MR) is 89.9 cm³/mol. The van der Waals surface area contributed by atoms with Crippen molar-refractivity contribution < 1.29 is 23.5 Å². The van der Waals surface area contributed by atoms with Crippen molar-refractivity contribution in [3.63, 3.8) is 0 Å². The molecular formula is C17H16ClFN2O4. The molecule has 2 rings (SSSR count). The Balaban J connectivity index is 1.89. The van der Waals surface area contributed by atoms with E-state index in [1.807, 2.05) is 0 Å². The predicted octanol–water partition coefficient (Wildman–Crippen LogP) is 3.21. The first-order chi connectivity index (χ1) is 11.9. The number of carbonyl (C=O) groups is 2. The number of esters is 1. The highest BCUT2D eigenvalue weighted by Crippen LogP contribution is 2.18. The van der Waals surface area contributed by atoms with Crippen molar-refractivity contribution >= 4 is 29.2 Å². The third-order valence-corrected chi connectivity index (χ3v) is 3.44. The Morgan fingerprint density at radius 1 is 1.16 bits per heavy atom. The summed E-state index contributed by atoms with van der Waals surface area (Å²) >= 11 is 5.85. The van der Waals surface area contributed by atoms with E-state index in [0.29, 0.717) is 11.4 Å². The van der Waals surface area contributed by atoms with Crippen molar-refractivity contribution in [2.45, 2.75) is 26.1 Å². The number of anilines is 1. The van der Waals surface area contributed by atoms with Crippen LogP contribution >= 0.6 is 11.6 Å². The summed E-state index contributed by atoms with van der Waals surface area (Å²) in [5.41, 5.74) is 0.313. The molecule has 0 aliphatic carbocycles. The summed E-state index contributed by atoms with van der Waals surface area (Å²) in [6.45, 7) is 2.89. The Labute approximate surface area is 148 Å². The van der Waals surface area contributed by atoms with E-state index in [1.165, 1.54) is 44.3 Å². The number of aromatic nitrogens is 1. The maximum Gasteiger partial charge on any atom is 0.347 e. The van der Waals surface area contributed by atoms with Gasteiger partial charge in [0.15, 0.2) is 17.4 Å². The number of halogens is 2. The Bertz CT molecular complexity index is 755. The minimum absolute atomic E-state index is 0.127. The summed E-state index contributed by atoms with van der Waals surface area (Å²) in [6.07, 6.45) is -0.554. The molecule has 1 N–H and O–H groups in total. The van der Waals surface area contributed by atoms with Gasteiger partial charge in [-0.3, -0.25) is 4.79 Å². The van der Waals surface area contributed by atoms with Gasteiger partial charge in [0.05, 0.1) is 5.69 Å². The summed E-state index contributed by atoms with van der Waals surface area (Å²) < 4.78 is 23.3. The lowest BCUT2D eigenvalue weighted by atomic mass is 10.3. The van der Waals surface area contributed by atoms with Gasteiger partial charge in [0, 0.05) is 6.20 Å². The number of amides is 1. The van der Waals surface area contributed by atoms with E-state index in [0.717, 1.165) is 0 Å². The van der Waals surface area contributed by atoms with Gasteiger partial charge in [-0.1, -0.05) is 11.6 Å². The monoisotopic (exact) mass is 366 g/mol. The van der Waals surface area contributed by atoms with Crippen LogP contribution in [0.3, 0.4) is 0 Å². The molecule has 0 unspecified atom stereocenters. The Hall–Kier alpha value is -2.67. The summed E-state index contributed by atoms with van der Waals surface area (Å²) in [5.74, 6) is -1.39. The number of nitrogens with one attached hydrogen (secondary N) is 1. The zero-order valence-corrected chi connectivity index (χ0v) is 14.3. The van der Waals surface area contributed by atoms with Gasteiger partial charge >= 0.3 is 5.97 Å². The van der Waals surface area contributed by atoms with E-state index in [-0.39, 0.29) is 5.15 Å². The number of hydrogen-bond acceptors (Lipinski definition) is 5. The van der Waals surface area contributed by atoms with Crippen LogP contribution < -0.4 is 10.1 Å². The van der Waals surface area contributed by atoms with Gasteiger partial charge in [0.2, 0.25) is 0 Å². The van der Waals surface area contributed by atoms with E-state index in [2.05, 4.69) is 10.3 Å². The molecule has 6 nitrogen and oxygen atoms in total. The first kappa shape index (κ1) is 18.7. The van der Waals surface area contributed by atoms with E-state index in [9.17, 15) is 14.0 Å². The van der Waals surface area contributed by atoms with Crippen molar-refractivity contribution in [2.75, 3.05) is 5.32 Å². The van der Waals surface area contributed by atoms with Crippen LogP contribution in [0.1, 0.15) is 13.8 Å². The second kappa shape index (κ2) is 8.43. The van der Waals surface area contributed by atoms with E-state index >= 15 is 0 Å². The lowest BCUT2D eigenvalue weighted by Gasteiger charge is -2.18. The van der Waals surface area contributed by atoms with Crippen molar-refractivity contribution in [2.24, 2.45) is 0 Å². The summed E-state index contributed by atoms with van der Waals surface area (Å²) in [5, 5.41) is 2.64. The topological polar surface area (TPSA) is 77.5 Å². The minimum Gasteiger partial charge on any atom is -0.479 e. The van der Waals surface area contributed by atoms with Crippen molar-refractivity contribution in [3.8, 4) is 5.75 Å². The highest BCUT2D eigenvalue weighted by Gasteiger charge is 2.23. The average Bonchev–Trinajstić information content (AvgIpc) is 2.58. The third-order valence-electron chi connectivity index (χ3n) is 3.14. The maximum absolute atomic E-state index is 12.8. The lowest BCUT2D eigenvalue weighted by molar-refractivity contribution is -0.159. The molecule has 0 saturated carbocycles. The zero-order chi connectivity index (χ0) is 18.4. The smallest absolute Gasteiger partial charge is 0.347 e. The zero-order valence-electron chi connectivity index (χ0n) is 13.5. The number of nitrogens with zero attached hydrogens (tertiary/aromatic N) is 1. The number of carbonyl (C=O) groups excluding carboxylic acids is 2. The van der Waals surface area contributed by atoms with Crippen LogP contribution in [0.2, 0.25) is 5.15 Å². The van der Waals surface area contributed by atoms with Crippen LogP contribution in [0.4, 0.5) is 10.1 Å². The van der Waals surface area contributed by atoms with Crippen LogP contribution in [0.25, 0.3) is 0 Å². The molecule has 132 valence electrons. The summed E-state index contributed by atoms with van der Waals surface area (Å²) in [6, 6.07) is 8.38. The number of pyridine rings is 1. The molecule has 1 amide bonds. The van der Waals surface area contributed by atoms with E-state index < -0.39 is 29.9 Å². The lowest BCUT2D eigenvalue weighted by Crippen LogP contribution is -2.35. The van der Waals surface area contributed by atoms with Gasteiger partial charge in [0.1, 0.15) is 11.6 Å². The second-order valence-electron chi connectivity index (χ2n) is 5.12. The van der Waals surface area contributed by atoms with Gasteiger partial charge in [-0.05, 0) is 50.2 Å². The second-order valence-corrected chi connectivity index (χ2v) is 5.48. The van der Waals surface area contributed by atoms with Crippen LogP contribution in [0.15, 0.2) is 42.6 Å². The maximum atomic E-state index is 12.8. The van der Waals surface area contributed by atoms with E-state index in [1.54, 1.807) is 12.1 Å². The largest absolute Gasteiger partial charge is 0.479 e. The molecule has 1 aromatic carbocycles. The molecule has 2 atom stereocenters. The number of benzene rings is 1. The summed E-state index contributed by atoms with van der Waals surface area (Å²) in [4.78, 5) is 27.9. The highest BCUT2D eigenvalue weighted by atomic mass is 35.5. The van der Waals surface area contributed by atoms with Crippen LogP contribution in [-0.2, 0) is 14.3 Å². The van der Waals surface area contributed by atoms with Crippen molar-refractivity contribution in [1.29, 1.82) is 0 Å². The minimum atomic E-state index is -1.07. The molecular weight excluding hydrogens is 351 g/mol. The fourth-order valence-electron chi connectivity index (χ4n) is 1.80. The molecule has 0 aliphatic rings. The summed E-state index contributed by atoms with van der Waals surface area (Å²) in [7, 11) is 0. The molecule has 25 heavy (non-hydrogen) atoms. The van der Waals surface area contributed by atoms with Crippen LogP contribution in [-0.4, -0.2) is 29.1 Å². The molecule has 0 radical (unpaired) electrons. The SMILES string of the molecule is C[C@H](OC(=O)[C@H](C)Oc1ccc(F)cc1)C(=O)Nc1cccnc1Cl. The molecule has 0 saturated heterocycles. The molecule has 0 spiro atoms. The number of hydrogen-bond donors (Lipinski definition) is 1. The Kier molecular flexibility index (Phi) is 6.30. The third kappa shape index (κ3) is 5.42. The van der Waals surface area contributed by atoms with Gasteiger partial charge in [-0.2, -0.15) is 0 Å². The van der Waals surface area contributed by atoms with Crippen LogP contribution in [0, 0.1) is 5.82 Å². The number of rotatable bonds is 6. The fourth-order valence-corrected chi connectivity index (χ4v) is 1.97. The first-order valence-electron chi connectivity index (χ1n) is 7.41. The number of ether oxygens (including phenoxy) is 2. The van der Waals surface area contributed by atoms with Gasteiger partial charge in [0.25, 0.3) is 5.91 Å². The van der Waals surface area contributed by atoms with Crippen LogP contribution in [0.5, 0.6) is 5.75 Å². The Morgan fingerprint density at radius 3 is 2.48 bits per heavy atom. The fraction of sp³-hybridized carbons (Fsp3) is 0.235.